The number of hydrogen-bond donors (Lipinski definition) is 1. The van der Waals surface area contributed by atoms with Crippen molar-refractivity contribution in [3.05, 3.63) is 35.8 Å². The number of nitrogens with zero attached hydrogens (tertiary/aromatic N) is 4. The van der Waals surface area contributed by atoms with E-state index >= 15 is 0 Å². The maximum absolute atomic E-state index is 5.91. The maximum atomic E-state index is 5.91. The Balaban J connectivity index is 1.78. The Morgan fingerprint density at radius 3 is 2.95 bits per heavy atom. The van der Waals surface area contributed by atoms with Gasteiger partial charge in [-0.25, -0.2) is 4.98 Å². The second-order valence-electron chi connectivity index (χ2n) is 5.83. The number of nitrogens with two attached hydrogens (primary N) is 1. The van der Waals surface area contributed by atoms with Crippen molar-refractivity contribution < 1.29 is 0 Å². The summed E-state index contributed by atoms with van der Waals surface area (Å²) >= 11 is 0. The second kappa shape index (κ2) is 5.52. The number of imidazole rings is 1. The minimum atomic E-state index is 0.431. The fraction of sp³-hybridized carbons (Fsp3) is 0.533. The van der Waals surface area contributed by atoms with E-state index in [0.29, 0.717) is 12.6 Å². The van der Waals surface area contributed by atoms with E-state index in [2.05, 4.69) is 52.7 Å². The van der Waals surface area contributed by atoms with Crippen LogP contribution >= 0.6 is 0 Å². The zero-order chi connectivity index (χ0) is 14.1. The lowest BCUT2D eigenvalue weighted by Gasteiger charge is -2.39. The molecule has 1 saturated heterocycles. The van der Waals surface area contributed by atoms with Crippen LogP contribution in [-0.2, 0) is 6.54 Å². The van der Waals surface area contributed by atoms with Crippen LogP contribution in [0.4, 0.5) is 0 Å². The van der Waals surface area contributed by atoms with E-state index in [9.17, 15) is 0 Å². The van der Waals surface area contributed by atoms with Crippen molar-refractivity contribution in [3.8, 4) is 0 Å². The highest BCUT2D eigenvalue weighted by Gasteiger charge is 2.24. The predicted octanol–water partition coefficient (Wildman–Crippen LogP) is 0.717. The molecule has 2 N–H and O–H groups in total. The molecule has 2 aromatic heterocycles. The first kappa shape index (κ1) is 13.5. The molecule has 0 spiro atoms. The first-order chi connectivity index (χ1) is 9.65. The molecule has 2 aromatic rings. The number of rotatable bonds is 3. The predicted molar refractivity (Wildman–Crippen MR) is 80.7 cm³/mol. The molecule has 0 aliphatic carbocycles. The van der Waals surface area contributed by atoms with Gasteiger partial charge in [-0.15, -0.1) is 0 Å². The molecule has 3 rings (SSSR count). The Bertz CT molecular complexity index is 591. The van der Waals surface area contributed by atoms with Gasteiger partial charge in [0, 0.05) is 51.2 Å². The summed E-state index contributed by atoms with van der Waals surface area (Å²) in [6.45, 7) is 6.90. The molecule has 5 heteroatoms. The van der Waals surface area contributed by atoms with Crippen LogP contribution in [0, 0.1) is 6.92 Å². The summed E-state index contributed by atoms with van der Waals surface area (Å²) < 4.78 is 2.11. The molecule has 1 atom stereocenters. The fourth-order valence-electron chi connectivity index (χ4n) is 2.92. The standard InChI is InChI=1S/C15H23N5/c1-12-3-4-15-17-13(10-20(15)8-12)9-19-6-5-18(2)11-14(19)7-16/h3-4,8,10,14H,5-7,9,11,16H2,1-2H3. The fourth-order valence-corrected chi connectivity index (χ4v) is 2.92. The molecule has 0 saturated carbocycles. The largest absolute Gasteiger partial charge is 0.329 e. The summed E-state index contributed by atoms with van der Waals surface area (Å²) in [5, 5.41) is 0. The number of pyridine rings is 1. The first-order valence-electron chi connectivity index (χ1n) is 7.22. The number of hydrogen-bond acceptors (Lipinski definition) is 4. The lowest BCUT2D eigenvalue weighted by molar-refractivity contribution is 0.0871. The van der Waals surface area contributed by atoms with Crippen molar-refractivity contribution >= 4 is 5.65 Å². The van der Waals surface area contributed by atoms with Gasteiger partial charge in [-0.3, -0.25) is 4.90 Å². The summed E-state index contributed by atoms with van der Waals surface area (Å²) in [5.41, 5.74) is 9.30. The number of aromatic nitrogens is 2. The van der Waals surface area contributed by atoms with Gasteiger partial charge >= 0.3 is 0 Å². The minimum absolute atomic E-state index is 0.431. The van der Waals surface area contributed by atoms with E-state index in [1.807, 2.05) is 0 Å². The molecule has 20 heavy (non-hydrogen) atoms. The van der Waals surface area contributed by atoms with Crippen LogP contribution in [0.1, 0.15) is 11.3 Å². The zero-order valence-electron chi connectivity index (χ0n) is 12.3. The monoisotopic (exact) mass is 273 g/mol. The topological polar surface area (TPSA) is 49.8 Å². The van der Waals surface area contributed by atoms with Gasteiger partial charge in [0.2, 0.25) is 0 Å². The lowest BCUT2D eigenvalue weighted by atomic mass is 10.1. The molecule has 3 heterocycles. The summed E-state index contributed by atoms with van der Waals surface area (Å²) in [5.74, 6) is 0. The van der Waals surface area contributed by atoms with Crippen LogP contribution in [0.2, 0.25) is 0 Å². The molecule has 1 aliphatic rings. The summed E-state index contributed by atoms with van der Waals surface area (Å²) in [4.78, 5) is 9.50. The summed E-state index contributed by atoms with van der Waals surface area (Å²) in [6, 6.07) is 4.61. The highest BCUT2D eigenvalue weighted by atomic mass is 15.3. The molecule has 0 amide bonds. The highest BCUT2D eigenvalue weighted by Crippen LogP contribution is 2.14. The average Bonchev–Trinajstić information content (AvgIpc) is 2.82. The molecule has 1 fully saturated rings. The van der Waals surface area contributed by atoms with E-state index < -0.39 is 0 Å². The zero-order valence-corrected chi connectivity index (χ0v) is 12.3. The number of likely N-dealkylation sites (N-methyl/N-ethyl adjacent to an activating group) is 1. The van der Waals surface area contributed by atoms with E-state index in [1.54, 1.807) is 0 Å². The Labute approximate surface area is 120 Å². The van der Waals surface area contributed by atoms with Crippen LogP contribution < -0.4 is 5.73 Å². The van der Waals surface area contributed by atoms with Gasteiger partial charge in [-0.05, 0) is 25.6 Å². The lowest BCUT2D eigenvalue weighted by Crippen LogP contribution is -2.54. The number of piperazine rings is 1. The quantitative estimate of drug-likeness (QED) is 0.895. The molecule has 1 aliphatic heterocycles. The van der Waals surface area contributed by atoms with Crippen LogP contribution in [-0.4, -0.2) is 58.5 Å². The van der Waals surface area contributed by atoms with Crippen LogP contribution in [0.15, 0.2) is 24.5 Å². The summed E-state index contributed by atoms with van der Waals surface area (Å²) in [6.07, 6.45) is 4.25. The molecule has 0 radical (unpaired) electrons. The van der Waals surface area contributed by atoms with Crippen LogP contribution in [0.25, 0.3) is 5.65 Å². The van der Waals surface area contributed by atoms with E-state index in [-0.39, 0.29) is 0 Å². The van der Waals surface area contributed by atoms with E-state index in [4.69, 9.17) is 10.7 Å². The molecule has 0 bridgehead atoms. The third-order valence-electron chi connectivity index (χ3n) is 4.09. The Morgan fingerprint density at radius 1 is 1.30 bits per heavy atom. The van der Waals surface area contributed by atoms with Crippen molar-refractivity contribution in [1.29, 1.82) is 0 Å². The third kappa shape index (κ3) is 2.70. The maximum Gasteiger partial charge on any atom is 0.137 e. The van der Waals surface area contributed by atoms with Crippen molar-refractivity contribution in [1.82, 2.24) is 19.2 Å². The molecule has 1 unspecified atom stereocenters. The Hall–Kier alpha value is -1.43. The van der Waals surface area contributed by atoms with Crippen molar-refractivity contribution in [3.63, 3.8) is 0 Å². The van der Waals surface area contributed by atoms with Gasteiger partial charge in [-0.1, -0.05) is 6.07 Å². The molecule has 5 nitrogen and oxygen atoms in total. The molecule has 0 aromatic carbocycles. The van der Waals surface area contributed by atoms with Gasteiger partial charge in [0.15, 0.2) is 0 Å². The van der Waals surface area contributed by atoms with Gasteiger partial charge < -0.3 is 15.0 Å². The van der Waals surface area contributed by atoms with Crippen molar-refractivity contribution in [2.24, 2.45) is 5.73 Å². The molecular formula is C15H23N5. The first-order valence-corrected chi connectivity index (χ1v) is 7.22. The van der Waals surface area contributed by atoms with Gasteiger partial charge in [0.05, 0.1) is 5.69 Å². The summed E-state index contributed by atoms with van der Waals surface area (Å²) in [7, 11) is 2.16. The van der Waals surface area contributed by atoms with Gasteiger partial charge in [0.25, 0.3) is 0 Å². The Morgan fingerprint density at radius 2 is 2.15 bits per heavy atom. The minimum Gasteiger partial charge on any atom is -0.329 e. The normalized spacial score (nSPS) is 21.6. The highest BCUT2D eigenvalue weighted by molar-refractivity contribution is 5.41. The van der Waals surface area contributed by atoms with Crippen LogP contribution in [0.5, 0.6) is 0 Å². The Kier molecular flexibility index (Phi) is 3.74. The average molecular weight is 273 g/mol. The second-order valence-corrected chi connectivity index (χ2v) is 5.83. The number of aryl methyl sites for hydroxylation is 1. The SMILES string of the molecule is Cc1ccc2nc(CN3CCN(C)CC3CN)cn2c1. The smallest absolute Gasteiger partial charge is 0.137 e. The van der Waals surface area contributed by atoms with Crippen molar-refractivity contribution in [2.75, 3.05) is 33.2 Å². The van der Waals surface area contributed by atoms with E-state index in [0.717, 1.165) is 37.5 Å². The molecule has 108 valence electrons. The van der Waals surface area contributed by atoms with Crippen molar-refractivity contribution in [2.45, 2.75) is 19.5 Å². The van der Waals surface area contributed by atoms with Gasteiger partial charge in [0.1, 0.15) is 5.65 Å². The van der Waals surface area contributed by atoms with Gasteiger partial charge in [-0.2, -0.15) is 0 Å². The number of fused-ring (bicyclic) bond motifs is 1. The van der Waals surface area contributed by atoms with Crippen LogP contribution in [0.3, 0.4) is 0 Å². The molecular weight excluding hydrogens is 250 g/mol. The van der Waals surface area contributed by atoms with E-state index in [1.165, 1.54) is 5.56 Å². The third-order valence-corrected chi connectivity index (χ3v) is 4.09.